The van der Waals surface area contributed by atoms with E-state index in [-0.39, 0.29) is 18.1 Å². The molecule has 0 bridgehead atoms. The van der Waals surface area contributed by atoms with E-state index >= 15 is 0 Å². The second-order valence-electron chi connectivity index (χ2n) is 5.70. The molecule has 3 heteroatoms. The first-order chi connectivity index (χ1) is 7.01. The van der Waals surface area contributed by atoms with E-state index in [4.69, 9.17) is 4.74 Å². The summed E-state index contributed by atoms with van der Waals surface area (Å²) in [7, 11) is 0. The Morgan fingerprint density at radius 3 is 2.40 bits per heavy atom. The van der Waals surface area contributed by atoms with Crippen LogP contribution in [0.2, 0.25) is 0 Å². The summed E-state index contributed by atoms with van der Waals surface area (Å²) in [5.74, 6) is 0. The number of rotatable bonds is 4. The van der Waals surface area contributed by atoms with Gasteiger partial charge < -0.3 is 15.2 Å². The van der Waals surface area contributed by atoms with Gasteiger partial charge in [-0.1, -0.05) is 20.8 Å². The Labute approximate surface area is 93.2 Å². The number of aliphatic hydroxyl groups is 1. The van der Waals surface area contributed by atoms with Crippen molar-refractivity contribution in [2.24, 2.45) is 5.41 Å². The fourth-order valence-electron chi connectivity index (χ4n) is 2.11. The summed E-state index contributed by atoms with van der Waals surface area (Å²) < 4.78 is 5.31. The van der Waals surface area contributed by atoms with Crippen LogP contribution in [-0.2, 0) is 4.74 Å². The molecule has 1 atom stereocenters. The molecule has 1 aliphatic heterocycles. The van der Waals surface area contributed by atoms with E-state index in [2.05, 4.69) is 26.1 Å². The maximum atomic E-state index is 9.33. The van der Waals surface area contributed by atoms with Gasteiger partial charge in [0.1, 0.15) is 0 Å². The van der Waals surface area contributed by atoms with E-state index in [1.165, 1.54) is 0 Å². The number of hydrogen-bond donors (Lipinski definition) is 2. The average molecular weight is 215 g/mol. The van der Waals surface area contributed by atoms with Gasteiger partial charge in [0.05, 0.1) is 6.61 Å². The first kappa shape index (κ1) is 12.9. The molecule has 0 radical (unpaired) electrons. The standard InChI is InChI=1S/C12H25NO2/c1-12(2,3)8-11(9-14)13-10-4-6-15-7-5-10/h10-11,13-14H,4-9H2,1-3H3. The number of hydrogen-bond acceptors (Lipinski definition) is 3. The lowest BCUT2D eigenvalue weighted by atomic mass is 9.88. The fraction of sp³-hybridized carbons (Fsp3) is 1.00. The smallest absolute Gasteiger partial charge is 0.0584 e. The third kappa shape index (κ3) is 5.50. The highest BCUT2D eigenvalue weighted by Crippen LogP contribution is 2.21. The van der Waals surface area contributed by atoms with Gasteiger partial charge in [-0.05, 0) is 24.7 Å². The number of nitrogens with one attached hydrogen (secondary N) is 1. The second-order valence-corrected chi connectivity index (χ2v) is 5.70. The summed E-state index contributed by atoms with van der Waals surface area (Å²) >= 11 is 0. The molecule has 15 heavy (non-hydrogen) atoms. The highest BCUT2D eigenvalue weighted by molar-refractivity contribution is 4.79. The zero-order valence-corrected chi connectivity index (χ0v) is 10.3. The highest BCUT2D eigenvalue weighted by atomic mass is 16.5. The maximum absolute atomic E-state index is 9.33. The molecular weight excluding hydrogens is 190 g/mol. The van der Waals surface area contributed by atoms with Gasteiger partial charge in [0, 0.05) is 25.3 Å². The van der Waals surface area contributed by atoms with Crippen LogP contribution in [0.25, 0.3) is 0 Å². The quantitative estimate of drug-likeness (QED) is 0.747. The molecular formula is C12H25NO2. The van der Waals surface area contributed by atoms with Gasteiger partial charge in [-0.2, -0.15) is 0 Å². The van der Waals surface area contributed by atoms with Crippen LogP contribution in [0.5, 0.6) is 0 Å². The van der Waals surface area contributed by atoms with Crippen molar-refractivity contribution in [3.05, 3.63) is 0 Å². The number of ether oxygens (including phenoxy) is 1. The zero-order chi connectivity index (χ0) is 11.3. The minimum absolute atomic E-state index is 0.230. The molecule has 3 nitrogen and oxygen atoms in total. The average Bonchev–Trinajstić information content (AvgIpc) is 2.16. The fourth-order valence-corrected chi connectivity index (χ4v) is 2.11. The van der Waals surface area contributed by atoms with E-state index < -0.39 is 0 Å². The van der Waals surface area contributed by atoms with Gasteiger partial charge >= 0.3 is 0 Å². The summed E-state index contributed by atoms with van der Waals surface area (Å²) in [6, 6.07) is 0.756. The largest absolute Gasteiger partial charge is 0.395 e. The molecule has 0 aromatic rings. The first-order valence-corrected chi connectivity index (χ1v) is 5.96. The van der Waals surface area contributed by atoms with Crippen molar-refractivity contribution in [1.29, 1.82) is 0 Å². The Kier molecular flexibility index (Phi) is 5.03. The van der Waals surface area contributed by atoms with Gasteiger partial charge in [0.15, 0.2) is 0 Å². The van der Waals surface area contributed by atoms with E-state index in [1.54, 1.807) is 0 Å². The second kappa shape index (κ2) is 5.83. The molecule has 0 aromatic heterocycles. The molecule has 1 aliphatic rings. The van der Waals surface area contributed by atoms with E-state index in [9.17, 15) is 5.11 Å². The normalized spacial score (nSPS) is 21.6. The molecule has 0 aliphatic carbocycles. The molecule has 0 spiro atoms. The van der Waals surface area contributed by atoms with Crippen LogP contribution in [0.3, 0.4) is 0 Å². The van der Waals surface area contributed by atoms with Crippen LogP contribution >= 0.6 is 0 Å². The summed E-state index contributed by atoms with van der Waals surface area (Å²) in [5, 5.41) is 12.9. The summed E-state index contributed by atoms with van der Waals surface area (Å²) in [6.07, 6.45) is 3.15. The molecule has 1 fully saturated rings. The third-order valence-corrected chi connectivity index (χ3v) is 2.77. The lowest BCUT2D eigenvalue weighted by molar-refractivity contribution is 0.0684. The Morgan fingerprint density at radius 2 is 1.93 bits per heavy atom. The monoisotopic (exact) mass is 215 g/mol. The Morgan fingerprint density at radius 1 is 1.33 bits per heavy atom. The SMILES string of the molecule is CC(C)(C)CC(CO)NC1CCOCC1. The molecule has 1 saturated heterocycles. The van der Waals surface area contributed by atoms with Crippen LogP contribution in [-0.4, -0.2) is 37.0 Å². The van der Waals surface area contributed by atoms with Gasteiger partial charge in [0.25, 0.3) is 0 Å². The van der Waals surface area contributed by atoms with Gasteiger partial charge in [-0.3, -0.25) is 0 Å². The van der Waals surface area contributed by atoms with Crippen molar-refractivity contribution >= 4 is 0 Å². The summed E-state index contributed by atoms with van der Waals surface area (Å²) in [5.41, 5.74) is 0.269. The molecule has 90 valence electrons. The van der Waals surface area contributed by atoms with Crippen molar-refractivity contribution in [1.82, 2.24) is 5.32 Å². The van der Waals surface area contributed by atoms with Crippen LogP contribution in [0.15, 0.2) is 0 Å². The molecule has 0 amide bonds. The molecule has 2 N–H and O–H groups in total. The Balaban J connectivity index is 2.31. The predicted molar refractivity (Wildman–Crippen MR) is 61.9 cm³/mol. The van der Waals surface area contributed by atoms with Crippen LogP contribution in [0.1, 0.15) is 40.0 Å². The zero-order valence-electron chi connectivity index (χ0n) is 10.3. The van der Waals surface area contributed by atoms with Gasteiger partial charge in [-0.15, -0.1) is 0 Å². The maximum Gasteiger partial charge on any atom is 0.0584 e. The Hall–Kier alpha value is -0.120. The third-order valence-electron chi connectivity index (χ3n) is 2.77. The lowest BCUT2D eigenvalue weighted by Gasteiger charge is -2.31. The molecule has 0 aromatic carbocycles. The number of aliphatic hydroxyl groups excluding tert-OH is 1. The first-order valence-electron chi connectivity index (χ1n) is 5.96. The van der Waals surface area contributed by atoms with Gasteiger partial charge in [0.2, 0.25) is 0 Å². The van der Waals surface area contributed by atoms with E-state index in [1.807, 2.05) is 0 Å². The van der Waals surface area contributed by atoms with Crippen molar-refractivity contribution in [3.63, 3.8) is 0 Å². The molecule has 1 unspecified atom stereocenters. The summed E-state index contributed by atoms with van der Waals surface area (Å²) in [4.78, 5) is 0. The highest BCUT2D eigenvalue weighted by Gasteiger charge is 2.22. The molecule has 1 rings (SSSR count). The topological polar surface area (TPSA) is 41.5 Å². The molecule has 1 heterocycles. The van der Waals surface area contributed by atoms with Crippen LogP contribution in [0.4, 0.5) is 0 Å². The van der Waals surface area contributed by atoms with E-state index in [0.29, 0.717) is 6.04 Å². The Bertz CT molecular complexity index is 171. The predicted octanol–water partition coefficient (Wildman–Crippen LogP) is 1.55. The van der Waals surface area contributed by atoms with Crippen molar-refractivity contribution in [2.75, 3.05) is 19.8 Å². The lowest BCUT2D eigenvalue weighted by Crippen LogP contribution is -2.45. The van der Waals surface area contributed by atoms with Crippen LogP contribution < -0.4 is 5.32 Å². The van der Waals surface area contributed by atoms with Crippen LogP contribution in [0, 0.1) is 5.41 Å². The van der Waals surface area contributed by atoms with E-state index in [0.717, 1.165) is 32.5 Å². The van der Waals surface area contributed by atoms with Crippen molar-refractivity contribution in [2.45, 2.75) is 52.1 Å². The molecule has 0 saturated carbocycles. The minimum Gasteiger partial charge on any atom is -0.395 e. The summed E-state index contributed by atoms with van der Waals surface area (Å²) in [6.45, 7) is 8.56. The van der Waals surface area contributed by atoms with Crippen molar-refractivity contribution in [3.8, 4) is 0 Å². The van der Waals surface area contributed by atoms with Crippen molar-refractivity contribution < 1.29 is 9.84 Å². The van der Waals surface area contributed by atoms with Gasteiger partial charge in [-0.25, -0.2) is 0 Å². The minimum atomic E-state index is 0.230.